The van der Waals surface area contributed by atoms with Gasteiger partial charge < -0.3 is 14.5 Å². The van der Waals surface area contributed by atoms with Gasteiger partial charge in [0.05, 0.1) is 5.75 Å². The van der Waals surface area contributed by atoms with Gasteiger partial charge in [-0.25, -0.2) is 4.79 Å². The number of hydrogen-bond acceptors (Lipinski definition) is 4. The maximum absolute atomic E-state index is 12.5. The van der Waals surface area contributed by atoms with Crippen LogP contribution in [0.4, 0.5) is 4.79 Å². The quantitative estimate of drug-likeness (QED) is 0.759. The van der Waals surface area contributed by atoms with Gasteiger partial charge >= 0.3 is 6.09 Å². The molecule has 1 saturated heterocycles. The average Bonchev–Trinajstić information content (AvgIpc) is 3.06. The van der Waals surface area contributed by atoms with Crippen LogP contribution in [0.1, 0.15) is 38.3 Å². The van der Waals surface area contributed by atoms with Crippen LogP contribution in [-0.4, -0.2) is 59.3 Å². The van der Waals surface area contributed by atoms with Crippen molar-refractivity contribution in [1.82, 2.24) is 9.80 Å². The van der Waals surface area contributed by atoms with Crippen LogP contribution >= 0.6 is 11.8 Å². The molecule has 0 bridgehead atoms. The standard InChI is InChI=1S/C20H28N2O3S/c1-20(2,3)25-19(24)22-11-9-21(10-12-22)18(23)14-26-17-8-7-15-5-4-6-16(15)13-17/h7-8,13H,4-6,9-12,14H2,1-3H3. The Hall–Kier alpha value is -1.69. The van der Waals surface area contributed by atoms with Crippen molar-refractivity contribution < 1.29 is 14.3 Å². The molecule has 0 radical (unpaired) electrons. The average molecular weight is 377 g/mol. The Balaban J connectivity index is 1.44. The minimum absolute atomic E-state index is 0.138. The Labute approximate surface area is 160 Å². The Morgan fingerprint density at radius 1 is 1.04 bits per heavy atom. The van der Waals surface area contributed by atoms with Gasteiger partial charge in [0.2, 0.25) is 5.91 Å². The smallest absolute Gasteiger partial charge is 0.410 e. The van der Waals surface area contributed by atoms with Gasteiger partial charge in [-0.05, 0) is 63.3 Å². The van der Waals surface area contributed by atoms with Crippen LogP contribution in [0.5, 0.6) is 0 Å². The number of nitrogens with zero attached hydrogens (tertiary/aromatic N) is 2. The lowest BCUT2D eigenvalue weighted by molar-refractivity contribution is -0.130. The van der Waals surface area contributed by atoms with Gasteiger partial charge in [-0.3, -0.25) is 4.79 Å². The number of amides is 2. The van der Waals surface area contributed by atoms with E-state index in [0.29, 0.717) is 31.9 Å². The van der Waals surface area contributed by atoms with Crippen LogP contribution in [-0.2, 0) is 22.4 Å². The van der Waals surface area contributed by atoms with Crippen LogP contribution in [0, 0.1) is 0 Å². The number of piperazine rings is 1. The van der Waals surface area contributed by atoms with Gasteiger partial charge in [-0.1, -0.05) is 6.07 Å². The number of carbonyl (C=O) groups is 2. The molecule has 0 N–H and O–H groups in total. The fraction of sp³-hybridized carbons (Fsp3) is 0.600. The molecule has 1 aromatic carbocycles. The van der Waals surface area contributed by atoms with Gasteiger partial charge in [0.15, 0.2) is 0 Å². The third kappa shape index (κ3) is 4.93. The molecule has 1 heterocycles. The molecular weight excluding hydrogens is 348 g/mol. The van der Waals surface area contributed by atoms with Crippen LogP contribution in [0.25, 0.3) is 0 Å². The normalized spacial score (nSPS) is 17.2. The van der Waals surface area contributed by atoms with Crippen molar-refractivity contribution in [1.29, 1.82) is 0 Å². The summed E-state index contributed by atoms with van der Waals surface area (Å²) in [6, 6.07) is 6.57. The highest BCUT2D eigenvalue weighted by Crippen LogP contribution is 2.27. The SMILES string of the molecule is CC(C)(C)OC(=O)N1CCN(C(=O)CSc2ccc3c(c2)CCC3)CC1. The van der Waals surface area contributed by atoms with Crippen molar-refractivity contribution in [3.05, 3.63) is 29.3 Å². The number of benzene rings is 1. The Bertz CT molecular complexity index is 676. The summed E-state index contributed by atoms with van der Waals surface area (Å²) < 4.78 is 5.39. The molecule has 6 heteroatoms. The largest absolute Gasteiger partial charge is 0.444 e. The number of thioether (sulfide) groups is 1. The fourth-order valence-electron chi connectivity index (χ4n) is 3.34. The lowest BCUT2D eigenvalue weighted by atomic mass is 10.1. The number of rotatable bonds is 3. The first kappa shape index (κ1) is 19.1. The summed E-state index contributed by atoms with van der Waals surface area (Å²) in [7, 11) is 0. The van der Waals surface area contributed by atoms with Crippen LogP contribution in [0.3, 0.4) is 0 Å². The number of carbonyl (C=O) groups excluding carboxylic acids is 2. The van der Waals surface area contributed by atoms with Gasteiger partial charge in [0, 0.05) is 31.1 Å². The molecule has 2 aliphatic rings. The predicted octanol–water partition coefficient (Wildman–Crippen LogP) is 3.35. The van der Waals surface area contributed by atoms with E-state index in [1.165, 1.54) is 28.9 Å². The third-order valence-corrected chi connectivity index (χ3v) is 5.69. The maximum Gasteiger partial charge on any atom is 0.410 e. The molecule has 0 unspecified atom stereocenters. The summed E-state index contributed by atoms with van der Waals surface area (Å²) >= 11 is 1.61. The van der Waals surface area contributed by atoms with Crippen LogP contribution in [0.2, 0.25) is 0 Å². The molecule has 5 nitrogen and oxygen atoms in total. The van der Waals surface area contributed by atoms with E-state index >= 15 is 0 Å². The zero-order valence-electron chi connectivity index (χ0n) is 15.9. The van der Waals surface area contributed by atoms with Crippen molar-refractivity contribution in [2.24, 2.45) is 0 Å². The highest BCUT2D eigenvalue weighted by atomic mass is 32.2. The Morgan fingerprint density at radius 3 is 2.38 bits per heavy atom. The van der Waals surface area contributed by atoms with Crippen molar-refractivity contribution in [2.45, 2.75) is 50.5 Å². The summed E-state index contributed by atoms with van der Waals surface area (Å²) in [6.45, 7) is 7.79. The van der Waals surface area contributed by atoms with Crippen molar-refractivity contribution in [3.8, 4) is 0 Å². The van der Waals surface area contributed by atoms with Crippen molar-refractivity contribution in [2.75, 3.05) is 31.9 Å². The maximum atomic E-state index is 12.5. The first-order valence-corrected chi connectivity index (χ1v) is 10.3. The van der Waals surface area contributed by atoms with Crippen LogP contribution < -0.4 is 0 Å². The summed E-state index contributed by atoms with van der Waals surface area (Å²) in [5.74, 6) is 0.588. The second-order valence-electron chi connectivity index (χ2n) is 7.92. The molecule has 0 aromatic heterocycles. The topological polar surface area (TPSA) is 49.9 Å². The first-order valence-electron chi connectivity index (χ1n) is 9.32. The molecule has 2 amide bonds. The summed E-state index contributed by atoms with van der Waals surface area (Å²) in [4.78, 5) is 29.3. The number of ether oxygens (including phenoxy) is 1. The second kappa shape index (κ2) is 7.91. The molecule has 1 aliphatic carbocycles. The lowest BCUT2D eigenvalue weighted by Gasteiger charge is -2.35. The predicted molar refractivity (Wildman–Crippen MR) is 104 cm³/mol. The van der Waals surface area contributed by atoms with Crippen molar-refractivity contribution >= 4 is 23.8 Å². The van der Waals surface area contributed by atoms with Gasteiger partial charge in [0.1, 0.15) is 5.60 Å². The van der Waals surface area contributed by atoms with Gasteiger partial charge in [-0.15, -0.1) is 11.8 Å². The van der Waals surface area contributed by atoms with E-state index < -0.39 is 5.60 Å². The molecule has 0 atom stereocenters. The summed E-state index contributed by atoms with van der Waals surface area (Å²) in [6.07, 6.45) is 3.28. The summed E-state index contributed by atoms with van der Waals surface area (Å²) in [5, 5.41) is 0. The minimum atomic E-state index is -0.490. The van der Waals surface area contributed by atoms with Crippen molar-refractivity contribution in [3.63, 3.8) is 0 Å². The molecule has 0 saturated carbocycles. The lowest BCUT2D eigenvalue weighted by Crippen LogP contribution is -2.52. The van der Waals surface area contributed by atoms with E-state index in [1.807, 2.05) is 25.7 Å². The second-order valence-corrected chi connectivity index (χ2v) is 8.97. The first-order chi connectivity index (χ1) is 12.3. The molecule has 0 spiro atoms. The van der Waals surface area contributed by atoms with E-state index in [4.69, 9.17) is 4.74 Å². The Kier molecular flexibility index (Phi) is 5.80. The van der Waals surface area contributed by atoms with E-state index in [1.54, 1.807) is 16.7 Å². The van der Waals surface area contributed by atoms with E-state index in [9.17, 15) is 9.59 Å². The van der Waals surface area contributed by atoms with E-state index in [-0.39, 0.29) is 12.0 Å². The molecular formula is C20H28N2O3S. The highest BCUT2D eigenvalue weighted by molar-refractivity contribution is 8.00. The van der Waals surface area contributed by atoms with Gasteiger partial charge in [-0.2, -0.15) is 0 Å². The molecule has 26 heavy (non-hydrogen) atoms. The molecule has 142 valence electrons. The van der Waals surface area contributed by atoms with E-state index in [2.05, 4.69) is 18.2 Å². The van der Waals surface area contributed by atoms with E-state index in [0.717, 1.165) is 6.42 Å². The molecule has 3 rings (SSSR count). The third-order valence-electron chi connectivity index (χ3n) is 4.72. The molecule has 1 aliphatic heterocycles. The Morgan fingerprint density at radius 2 is 1.69 bits per heavy atom. The highest BCUT2D eigenvalue weighted by Gasteiger charge is 2.27. The minimum Gasteiger partial charge on any atom is -0.444 e. The summed E-state index contributed by atoms with van der Waals surface area (Å²) in [5.41, 5.74) is 2.41. The zero-order valence-corrected chi connectivity index (χ0v) is 16.7. The fourth-order valence-corrected chi connectivity index (χ4v) is 4.20. The number of aryl methyl sites for hydroxylation is 2. The van der Waals surface area contributed by atoms with Gasteiger partial charge in [0.25, 0.3) is 0 Å². The monoisotopic (exact) mass is 376 g/mol. The molecule has 1 aromatic rings. The number of hydrogen-bond donors (Lipinski definition) is 0. The molecule has 1 fully saturated rings. The number of fused-ring (bicyclic) bond motifs is 1. The van der Waals surface area contributed by atoms with Crippen LogP contribution in [0.15, 0.2) is 23.1 Å². The zero-order chi connectivity index (χ0) is 18.7.